The Morgan fingerprint density at radius 3 is 2.50 bits per heavy atom. The zero-order chi connectivity index (χ0) is 12.2. The average Bonchev–Trinajstić information content (AvgIpc) is 2.12. The molecule has 0 saturated carbocycles. The summed E-state index contributed by atoms with van der Waals surface area (Å²) in [7, 11) is 0. The first-order valence-electron chi connectivity index (χ1n) is 5.69. The Kier molecular flexibility index (Phi) is 4.24. The Bertz CT molecular complexity index is 328. The van der Waals surface area contributed by atoms with Gasteiger partial charge in [-0.1, -0.05) is 13.8 Å². The summed E-state index contributed by atoms with van der Waals surface area (Å²) >= 11 is 0. The third-order valence-electron chi connectivity index (χ3n) is 1.88. The van der Waals surface area contributed by atoms with Crippen LogP contribution in [-0.2, 0) is 6.54 Å². The molecule has 0 aliphatic heterocycles. The molecule has 2 N–H and O–H groups in total. The first kappa shape index (κ1) is 12.9. The standard InChI is InChI=1S/C12H22N4/c1-9(2)14-7-10-6-13-8-11(15-10)16-12(3,4)5/h6,8-9,14H,7H2,1-5H3,(H,15,16). The Morgan fingerprint density at radius 2 is 1.94 bits per heavy atom. The summed E-state index contributed by atoms with van der Waals surface area (Å²) < 4.78 is 0. The smallest absolute Gasteiger partial charge is 0.145 e. The SMILES string of the molecule is CC(C)NCc1cncc(NC(C)(C)C)n1. The second-order valence-electron chi connectivity index (χ2n) is 5.31. The van der Waals surface area contributed by atoms with Gasteiger partial charge in [-0.15, -0.1) is 0 Å². The lowest BCUT2D eigenvalue weighted by molar-refractivity contribution is 0.578. The van der Waals surface area contributed by atoms with Gasteiger partial charge in [0.05, 0.1) is 11.9 Å². The number of rotatable bonds is 4. The number of nitrogens with zero attached hydrogens (tertiary/aromatic N) is 2. The molecule has 0 aliphatic rings. The normalized spacial score (nSPS) is 11.9. The monoisotopic (exact) mass is 222 g/mol. The molecule has 0 unspecified atom stereocenters. The summed E-state index contributed by atoms with van der Waals surface area (Å²) in [5.41, 5.74) is 0.974. The van der Waals surface area contributed by atoms with Crippen molar-refractivity contribution in [2.45, 2.75) is 52.7 Å². The van der Waals surface area contributed by atoms with E-state index < -0.39 is 0 Å². The van der Waals surface area contributed by atoms with Crippen molar-refractivity contribution in [3.05, 3.63) is 18.1 Å². The molecule has 1 rings (SSSR count). The lowest BCUT2D eigenvalue weighted by Crippen LogP contribution is -2.27. The predicted molar refractivity (Wildman–Crippen MR) is 67.4 cm³/mol. The molecule has 0 bridgehead atoms. The van der Waals surface area contributed by atoms with E-state index in [-0.39, 0.29) is 5.54 Å². The largest absolute Gasteiger partial charge is 0.364 e. The molecule has 0 radical (unpaired) electrons. The van der Waals surface area contributed by atoms with E-state index >= 15 is 0 Å². The van der Waals surface area contributed by atoms with Crippen LogP contribution in [0.2, 0.25) is 0 Å². The highest BCUT2D eigenvalue weighted by Gasteiger charge is 2.10. The minimum Gasteiger partial charge on any atom is -0.364 e. The summed E-state index contributed by atoms with van der Waals surface area (Å²) in [6.45, 7) is 11.3. The number of nitrogens with one attached hydrogen (secondary N) is 2. The van der Waals surface area contributed by atoms with Crippen LogP contribution in [0.15, 0.2) is 12.4 Å². The van der Waals surface area contributed by atoms with E-state index in [0.29, 0.717) is 6.04 Å². The van der Waals surface area contributed by atoms with E-state index in [9.17, 15) is 0 Å². The maximum absolute atomic E-state index is 4.49. The number of hydrogen-bond donors (Lipinski definition) is 2. The lowest BCUT2D eigenvalue weighted by Gasteiger charge is -2.21. The second-order valence-corrected chi connectivity index (χ2v) is 5.31. The van der Waals surface area contributed by atoms with Crippen LogP contribution in [0.25, 0.3) is 0 Å². The Balaban J connectivity index is 2.64. The molecule has 0 aliphatic carbocycles. The van der Waals surface area contributed by atoms with Crippen molar-refractivity contribution in [2.24, 2.45) is 0 Å². The third kappa shape index (κ3) is 5.07. The molecule has 0 saturated heterocycles. The average molecular weight is 222 g/mol. The molecule has 0 spiro atoms. The van der Waals surface area contributed by atoms with Crippen molar-refractivity contribution in [3.8, 4) is 0 Å². The van der Waals surface area contributed by atoms with Gasteiger partial charge in [-0.2, -0.15) is 0 Å². The molecule has 0 atom stereocenters. The highest BCUT2D eigenvalue weighted by molar-refractivity contribution is 5.34. The van der Waals surface area contributed by atoms with Crippen LogP contribution in [0.3, 0.4) is 0 Å². The molecule has 1 heterocycles. The molecule has 90 valence electrons. The minimum atomic E-state index is 0.0127. The van der Waals surface area contributed by atoms with Crippen LogP contribution in [0.5, 0.6) is 0 Å². The molecule has 1 aromatic rings. The van der Waals surface area contributed by atoms with Crippen molar-refractivity contribution in [2.75, 3.05) is 5.32 Å². The summed E-state index contributed by atoms with van der Waals surface area (Å²) in [5, 5.41) is 6.63. The van der Waals surface area contributed by atoms with Gasteiger partial charge >= 0.3 is 0 Å². The summed E-state index contributed by atoms with van der Waals surface area (Å²) in [6, 6.07) is 0.459. The second kappa shape index (κ2) is 5.25. The summed E-state index contributed by atoms with van der Waals surface area (Å²) in [4.78, 5) is 8.68. The van der Waals surface area contributed by atoms with Crippen LogP contribution >= 0.6 is 0 Å². The van der Waals surface area contributed by atoms with E-state index in [1.165, 1.54) is 0 Å². The molecular weight excluding hydrogens is 200 g/mol. The molecular formula is C12H22N4. The van der Waals surface area contributed by atoms with Crippen LogP contribution in [0, 0.1) is 0 Å². The van der Waals surface area contributed by atoms with E-state index in [1.54, 1.807) is 12.4 Å². The topological polar surface area (TPSA) is 49.8 Å². The van der Waals surface area contributed by atoms with Crippen molar-refractivity contribution in [1.82, 2.24) is 15.3 Å². The molecule has 0 fully saturated rings. The van der Waals surface area contributed by atoms with E-state index in [4.69, 9.17) is 0 Å². The molecule has 0 aromatic carbocycles. The first-order valence-corrected chi connectivity index (χ1v) is 5.69. The Hall–Kier alpha value is -1.16. The van der Waals surface area contributed by atoms with E-state index in [2.05, 4.69) is 55.2 Å². The van der Waals surface area contributed by atoms with Crippen molar-refractivity contribution < 1.29 is 0 Å². The number of aromatic nitrogens is 2. The predicted octanol–water partition coefficient (Wildman–Crippen LogP) is 2.18. The van der Waals surface area contributed by atoms with Crippen molar-refractivity contribution in [1.29, 1.82) is 0 Å². The highest BCUT2D eigenvalue weighted by Crippen LogP contribution is 2.10. The third-order valence-corrected chi connectivity index (χ3v) is 1.88. The van der Waals surface area contributed by atoms with Gasteiger partial charge in [0.25, 0.3) is 0 Å². The fraction of sp³-hybridized carbons (Fsp3) is 0.667. The maximum Gasteiger partial charge on any atom is 0.145 e. The summed E-state index contributed by atoms with van der Waals surface area (Å²) in [5.74, 6) is 0.829. The van der Waals surface area contributed by atoms with Crippen LogP contribution in [0.4, 0.5) is 5.82 Å². The molecule has 4 nitrogen and oxygen atoms in total. The Labute approximate surface area is 97.9 Å². The zero-order valence-corrected chi connectivity index (χ0v) is 10.8. The summed E-state index contributed by atoms with van der Waals surface area (Å²) in [6.07, 6.45) is 3.55. The van der Waals surface area contributed by atoms with Gasteiger partial charge in [0, 0.05) is 24.3 Å². The maximum atomic E-state index is 4.49. The van der Waals surface area contributed by atoms with Gasteiger partial charge in [0.15, 0.2) is 0 Å². The van der Waals surface area contributed by atoms with Gasteiger partial charge in [-0.25, -0.2) is 4.98 Å². The molecule has 0 amide bonds. The van der Waals surface area contributed by atoms with Gasteiger partial charge in [-0.05, 0) is 20.8 Å². The van der Waals surface area contributed by atoms with Gasteiger partial charge in [0.1, 0.15) is 5.82 Å². The van der Waals surface area contributed by atoms with Crippen LogP contribution < -0.4 is 10.6 Å². The van der Waals surface area contributed by atoms with Crippen molar-refractivity contribution >= 4 is 5.82 Å². The minimum absolute atomic E-state index is 0.0127. The quantitative estimate of drug-likeness (QED) is 0.820. The highest BCUT2D eigenvalue weighted by atomic mass is 15.1. The fourth-order valence-corrected chi connectivity index (χ4v) is 1.24. The number of anilines is 1. The van der Waals surface area contributed by atoms with Crippen LogP contribution in [0.1, 0.15) is 40.3 Å². The molecule has 16 heavy (non-hydrogen) atoms. The lowest BCUT2D eigenvalue weighted by atomic mass is 10.1. The molecule has 4 heteroatoms. The molecule has 1 aromatic heterocycles. The van der Waals surface area contributed by atoms with Crippen LogP contribution in [-0.4, -0.2) is 21.5 Å². The van der Waals surface area contributed by atoms with E-state index in [1.807, 2.05) is 0 Å². The zero-order valence-electron chi connectivity index (χ0n) is 10.8. The van der Waals surface area contributed by atoms with Gasteiger partial charge in [0.2, 0.25) is 0 Å². The fourth-order valence-electron chi connectivity index (χ4n) is 1.24. The number of hydrogen-bond acceptors (Lipinski definition) is 4. The van der Waals surface area contributed by atoms with Crippen molar-refractivity contribution in [3.63, 3.8) is 0 Å². The Morgan fingerprint density at radius 1 is 1.25 bits per heavy atom. The van der Waals surface area contributed by atoms with Gasteiger partial charge in [-0.3, -0.25) is 4.98 Å². The first-order chi connectivity index (χ1) is 7.37. The van der Waals surface area contributed by atoms with Gasteiger partial charge < -0.3 is 10.6 Å². The van der Waals surface area contributed by atoms with E-state index in [0.717, 1.165) is 18.1 Å².